The van der Waals surface area contributed by atoms with Crippen LogP contribution in [0, 0.1) is 0 Å². The van der Waals surface area contributed by atoms with Gasteiger partial charge in [0.15, 0.2) is 0 Å². The predicted octanol–water partition coefficient (Wildman–Crippen LogP) is 6.85. The number of hydrogen-bond acceptors (Lipinski definition) is 3. The molecule has 1 aliphatic rings. The Morgan fingerprint density at radius 2 is 1.58 bits per heavy atom. The minimum atomic E-state index is -0.271. The lowest BCUT2D eigenvalue weighted by Gasteiger charge is -2.38. The van der Waals surface area contributed by atoms with Gasteiger partial charge in [-0.1, -0.05) is 93.3 Å². The number of fused-ring (bicyclic) bond motifs is 1. The summed E-state index contributed by atoms with van der Waals surface area (Å²) in [4.78, 5) is 15.5. The van der Waals surface area contributed by atoms with Gasteiger partial charge in [0.1, 0.15) is 11.9 Å². The molecule has 0 bridgehead atoms. The molecule has 4 nitrogen and oxygen atoms in total. The molecule has 172 valence electrons. The molecule has 3 aromatic carbocycles. The Bertz CT molecular complexity index is 1030. The number of anilines is 1. The summed E-state index contributed by atoms with van der Waals surface area (Å²) >= 11 is 0. The second-order valence-electron chi connectivity index (χ2n) is 8.63. The first-order chi connectivity index (χ1) is 16.3. The van der Waals surface area contributed by atoms with Gasteiger partial charge in [-0.15, -0.1) is 0 Å². The van der Waals surface area contributed by atoms with E-state index in [9.17, 15) is 4.79 Å². The van der Waals surface area contributed by atoms with E-state index in [1.165, 1.54) is 31.2 Å². The third kappa shape index (κ3) is 5.75. The normalized spacial score (nSPS) is 15.1. The summed E-state index contributed by atoms with van der Waals surface area (Å²) in [6, 6.07) is 26.2. The standard InChI is InChI=1S/C29H34N2O2/c1-2-3-4-5-13-22-33-27-19-12-10-17-25(27)28-30-26-18-11-9-16-24(26)29(32)31(28)21-20-23-14-7-6-8-15-23/h6-12,14-19,28,30H,2-5,13,20-22H2,1H3. The van der Waals surface area contributed by atoms with Crippen LogP contribution in [0.4, 0.5) is 5.69 Å². The van der Waals surface area contributed by atoms with Crippen molar-refractivity contribution in [1.82, 2.24) is 4.90 Å². The van der Waals surface area contributed by atoms with Crippen LogP contribution in [-0.2, 0) is 6.42 Å². The molecule has 0 radical (unpaired) electrons. The van der Waals surface area contributed by atoms with Crippen LogP contribution in [0.5, 0.6) is 5.75 Å². The van der Waals surface area contributed by atoms with Crippen LogP contribution in [0.1, 0.15) is 66.7 Å². The lowest BCUT2D eigenvalue weighted by atomic mass is 10.0. The first-order valence-electron chi connectivity index (χ1n) is 12.2. The van der Waals surface area contributed by atoms with Gasteiger partial charge >= 0.3 is 0 Å². The molecule has 0 saturated carbocycles. The predicted molar refractivity (Wildman–Crippen MR) is 135 cm³/mol. The number of unbranched alkanes of at least 4 members (excludes halogenated alkanes) is 4. The summed E-state index contributed by atoms with van der Waals surface area (Å²) in [6.07, 6.45) is 6.54. The minimum Gasteiger partial charge on any atom is -0.493 e. The number of carbonyl (C=O) groups excluding carboxylic acids is 1. The van der Waals surface area contributed by atoms with Gasteiger partial charge in [-0.3, -0.25) is 4.79 Å². The van der Waals surface area contributed by atoms with Gasteiger partial charge in [-0.05, 0) is 36.6 Å². The Kier molecular flexibility index (Phi) is 8.02. The van der Waals surface area contributed by atoms with E-state index < -0.39 is 0 Å². The van der Waals surface area contributed by atoms with Gasteiger partial charge in [0, 0.05) is 17.8 Å². The van der Waals surface area contributed by atoms with Gasteiger partial charge in [-0.2, -0.15) is 0 Å². The van der Waals surface area contributed by atoms with Gasteiger partial charge in [0.05, 0.1) is 12.2 Å². The number of nitrogens with zero attached hydrogens (tertiary/aromatic N) is 1. The number of hydrogen-bond donors (Lipinski definition) is 1. The van der Waals surface area contributed by atoms with Crippen molar-refractivity contribution in [3.05, 3.63) is 95.6 Å². The van der Waals surface area contributed by atoms with Gasteiger partial charge < -0.3 is 15.0 Å². The molecule has 1 aliphatic heterocycles. The molecule has 1 atom stereocenters. The molecular formula is C29H34N2O2. The zero-order valence-corrected chi connectivity index (χ0v) is 19.5. The molecule has 1 amide bonds. The molecule has 1 heterocycles. The van der Waals surface area contributed by atoms with Crippen molar-refractivity contribution in [1.29, 1.82) is 0 Å². The smallest absolute Gasteiger partial charge is 0.257 e. The molecule has 4 rings (SSSR count). The highest BCUT2D eigenvalue weighted by Gasteiger charge is 2.34. The van der Waals surface area contributed by atoms with Crippen molar-refractivity contribution in [2.45, 2.75) is 51.6 Å². The van der Waals surface area contributed by atoms with Crippen LogP contribution in [-0.4, -0.2) is 24.0 Å². The van der Waals surface area contributed by atoms with Crippen molar-refractivity contribution in [2.24, 2.45) is 0 Å². The van der Waals surface area contributed by atoms with Crippen molar-refractivity contribution in [3.63, 3.8) is 0 Å². The number of nitrogens with one attached hydrogen (secondary N) is 1. The lowest BCUT2D eigenvalue weighted by Crippen LogP contribution is -2.44. The van der Waals surface area contributed by atoms with E-state index >= 15 is 0 Å². The maximum Gasteiger partial charge on any atom is 0.257 e. The number of rotatable bonds is 11. The molecule has 33 heavy (non-hydrogen) atoms. The van der Waals surface area contributed by atoms with Crippen LogP contribution in [0.2, 0.25) is 0 Å². The SMILES string of the molecule is CCCCCCCOc1ccccc1C1Nc2ccccc2C(=O)N1CCc1ccccc1. The third-order valence-electron chi connectivity index (χ3n) is 6.23. The van der Waals surface area contributed by atoms with Crippen LogP contribution in [0.25, 0.3) is 0 Å². The summed E-state index contributed by atoms with van der Waals surface area (Å²) in [5.74, 6) is 0.905. The van der Waals surface area contributed by atoms with E-state index in [0.717, 1.165) is 35.4 Å². The zero-order chi connectivity index (χ0) is 22.9. The fraction of sp³-hybridized carbons (Fsp3) is 0.345. The monoisotopic (exact) mass is 442 g/mol. The van der Waals surface area contributed by atoms with Crippen LogP contribution >= 0.6 is 0 Å². The van der Waals surface area contributed by atoms with Gasteiger partial charge in [0.25, 0.3) is 5.91 Å². The summed E-state index contributed by atoms with van der Waals surface area (Å²) in [5, 5.41) is 3.61. The van der Waals surface area contributed by atoms with Gasteiger partial charge in [0.2, 0.25) is 0 Å². The summed E-state index contributed by atoms with van der Waals surface area (Å²) in [5.41, 5.74) is 3.82. The Morgan fingerprint density at radius 3 is 2.42 bits per heavy atom. The lowest BCUT2D eigenvalue weighted by molar-refractivity contribution is 0.0683. The van der Waals surface area contributed by atoms with E-state index in [2.05, 4.69) is 30.4 Å². The van der Waals surface area contributed by atoms with Crippen molar-refractivity contribution < 1.29 is 9.53 Å². The van der Waals surface area contributed by atoms with E-state index in [4.69, 9.17) is 4.74 Å². The highest BCUT2D eigenvalue weighted by molar-refractivity contribution is 6.01. The van der Waals surface area contributed by atoms with Crippen molar-refractivity contribution in [2.75, 3.05) is 18.5 Å². The largest absolute Gasteiger partial charge is 0.493 e. The van der Waals surface area contributed by atoms with E-state index in [0.29, 0.717) is 13.2 Å². The fourth-order valence-corrected chi connectivity index (χ4v) is 4.39. The average Bonchev–Trinajstić information content (AvgIpc) is 2.86. The molecule has 0 aliphatic carbocycles. The number of benzene rings is 3. The zero-order valence-electron chi connectivity index (χ0n) is 19.5. The molecule has 0 spiro atoms. The number of ether oxygens (including phenoxy) is 1. The average molecular weight is 443 g/mol. The Morgan fingerprint density at radius 1 is 0.848 bits per heavy atom. The van der Waals surface area contributed by atoms with Crippen molar-refractivity contribution in [3.8, 4) is 5.75 Å². The Labute approximate surface area is 197 Å². The minimum absolute atomic E-state index is 0.0552. The van der Waals surface area contributed by atoms with Gasteiger partial charge in [-0.25, -0.2) is 0 Å². The molecule has 1 N–H and O–H groups in total. The van der Waals surface area contributed by atoms with Crippen molar-refractivity contribution >= 4 is 11.6 Å². The molecule has 0 aromatic heterocycles. The van der Waals surface area contributed by atoms with E-state index in [1.54, 1.807) is 0 Å². The number of amides is 1. The maximum atomic E-state index is 13.5. The van der Waals surface area contributed by atoms with E-state index in [-0.39, 0.29) is 12.1 Å². The Balaban J connectivity index is 1.55. The topological polar surface area (TPSA) is 41.6 Å². The molecule has 3 aromatic rings. The molecule has 4 heteroatoms. The number of carbonyl (C=O) groups is 1. The third-order valence-corrected chi connectivity index (χ3v) is 6.23. The molecule has 0 saturated heterocycles. The summed E-state index contributed by atoms with van der Waals surface area (Å²) in [7, 11) is 0. The fourth-order valence-electron chi connectivity index (χ4n) is 4.39. The summed E-state index contributed by atoms with van der Waals surface area (Å²) < 4.78 is 6.23. The second-order valence-corrected chi connectivity index (χ2v) is 8.63. The Hall–Kier alpha value is -3.27. The highest BCUT2D eigenvalue weighted by Crippen LogP contribution is 2.37. The van der Waals surface area contributed by atoms with E-state index in [1.807, 2.05) is 65.6 Å². The van der Waals surface area contributed by atoms with Crippen LogP contribution < -0.4 is 10.1 Å². The molecule has 1 unspecified atom stereocenters. The molecular weight excluding hydrogens is 408 g/mol. The first-order valence-corrected chi connectivity index (χ1v) is 12.2. The second kappa shape index (κ2) is 11.6. The van der Waals surface area contributed by atoms with Crippen LogP contribution in [0.3, 0.4) is 0 Å². The quantitative estimate of drug-likeness (QED) is 0.330. The molecule has 0 fully saturated rings. The highest BCUT2D eigenvalue weighted by atomic mass is 16.5. The maximum absolute atomic E-state index is 13.5. The first kappa shape index (κ1) is 22.9. The number of para-hydroxylation sites is 2. The summed E-state index contributed by atoms with van der Waals surface area (Å²) in [6.45, 7) is 3.55. The van der Waals surface area contributed by atoms with Crippen LogP contribution in [0.15, 0.2) is 78.9 Å².